The summed E-state index contributed by atoms with van der Waals surface area (Å²) in [6, 6.07) is 67.8. The number of hydrogen-bond acceptors (Lipinski definition) is 1. The predicted molar refractivity (Wildman–Crippen MR) is 242 cm³/mol. The summed E-state index contributed by atoms with van der Waals surface area (Å²) in [6.07, 6.45) is 8.94. The van der Waals surface area contributed by atoms with Crippen LogP contribution in [0.2, 0.25) is 0 Å². The Kier molecular flexibility index (Phi) is 6.73. The van der Waals surface area contributed by atoms with Gasteiger partial charge < -0.3 is 0 Å². The zero-order valence-electron chi connectivity index (χ0n) is 32.0. The topological polar surface area (TPSA) is 12.9 Å². The zero-order chi connectivity index (χ0) is 38.0. The second kappa shape index (κ2) is 12.1. The molecule has 4 aliphatic carbocycles. The molecule has 1 saturated carbocycles. The van der Waals surface area contributed by atoms with Gasteiger partial charge in [0.05, 0.1) is 11.2 Å². The van der Waals surface area contributed by atoms with E-state index in [0.29, 0.717) is 23.7 Å². The van der Waals surface area contributed by atoms with Crippen LogP contribution in [-0.4, -0.2) is 4.98 Å². The summed E-state index contributed by atoms with van der Waals surface area (Å²) < 4.78 is 0. The average Bonchev–Trinajstić information content (AvgIpc) is 3.28. The molecule has 58 heavy (non-hydrogen) atoms. The Labute approximate surface area is 338 Å². The molecule has 1 heterocycles. The van der Waals surface area contributed by atoms with E-state index in [-0.39, 0.29) is 5.41 Å². The van der Waals surface area contributed by atoms with Gasteiger partial charge in [-0.3, -0.25) is 0 Å². The number of hydrogen-bond donors (Lipinski definition) is 0. The van der Waals surface area contributed by atoms with Crippen LogP contribution in [0.5, 0.6) is 0 Å². The molecule has 13 rings (SSSR count). The van der Waals surface area contributed by atoms with Crippen LogP contribution >= 0.6 is 0 Å². The average molecular weight is 738 g/mol. The van der Waals surface area contributed by atoms with E-state index in [0.717, 1.165) is 23.2 Å². The lowest BCUT2D eigenvalue weighted by Gasteiger charge is -2.65. The summed E-state index contributed by atoms with van der Waals surface area (Å²) in [5.41, 5.74) is 14.3. The van der Waals surface area contributed by atoms with Crippen LogP contribution in [0.1, 0.15) is 29.0 Å². The van der Waals surface area contributed by atoms with Crippen molar-refractivity contribution in [3.8, 4) is 22.4 Å². The molecule has 5 atom stereocenters. The molecule has 1 aromatic heterocycles. The summed E-state index contributed by atoms with van der Waals surface area (Å²) in [7, 11) is 0. The Balaban J connectivity index is 0.973. The maximum atomic E-state index is 5.35. The molecule has 9 aromatic rings. The van der Waals surface area contributed by atoms with Gasteiger partial charge in [-0.1, -0.05) is 182 Å². The third kappa shape index (κ3) is 4.50. The largest absolute Gasteiger partial charge is 0.248 e. The quantitative estimate of drug-likeness (QED) is 0.160. The summed E-state index contributed by atoms with van der Waals surface area (Å²) >= 11 is 0. The van der Waals surface area contributed by atoms with E-state index < -0.39 is 0 Å². The van der Waals surface area contributed by atoms with Crippen LogP contribution in [-0.2, 0) is 5.41 Å². The molecule has 272 valence electrons. The van der Waals surface area contributed by atoms with Gasteiger partial charge in [0.2, 0.25) is 0 Å². The lowest BCUT2D eigenvalue weighted by molar-refractivity contribution is 0.104. The highest BCUT2D eigenvalue weighted by Gasteiger charge is 2.64. The maximum absolute atomic E-state index is 5.35. The lowest BCUT2D eigenvalue weighted by Crippen LogP contribution is -2.59. The van der Waals surface area contributed by atoms with E-state index >= 15 is 0 Å². The van der Waals surface area contributed by atoms with E-state index in [1.807, 2.05) is 0 Å². The van der Waals surface area contributed by atoms with Crippen molar-refractivity contribution in [1.29, 1.82) is 0 Å². The molecule has 8 aromatic carbocycles. The minimum atomic E-state index is -0.0872. The molecule has 3 bridgehead atoms. The van der Waals surface area contributed by atoms with E-state index in [1.54, 1.807) is 0 Å². The minimum Gasteiger partial charge on any atom is -0.248 e. The molecule has 1 nitrogen and oxygen atoms in total. The van der Waals surface area contributed by atoms with Crippen LogP contribution in [0.25, 0.3) is 71.2 Å². The predicted octanol–water partition coefficient (Wildman–Crippen LogP) is 14.3. The second-order valence-corrected chi connectivity index (χ2v) is 17.0. The van der Waals surface area contributed by atoms with Crippen molar-refractivity contribution in [1.82, 2.24) is 4.98 Å². The van der Waals surface area contributed by atoms with Gasteiger partial charge in [-0.2, -0.15) is 0 Å². The van der Waals surface area contributed by atoms with Gasteiger partial charge >= 0.3 is 0 Å². The Morgan fingerprint density at radius 1 is 0.534 bits per heavy atom. The number of fused-ring (bicyclic) bond motifs is 7. The van der Waals surface area contributed by atoms with Gasteiger partial charge in [0, 0.05) is 22.3 Å². The van der Waals surface area contributed by atoms with Crippen molar-refractivity contribution >= 4 is 48.8 Å². The fourth-order valence-electron chi connectivity index (χ4n) is 11.8. The molecular weight excluding hydrogens is 699 g/mol. The molecule has 0 saturated heterocycles. The van der Waals surface area contributed by atoms with Crippen molar-refractivity contribution in [3.63, 3.8) is 0 Å². The van der Waals surface area contributed by atoms with E-state index in [9.17, 15) is 0 Å². The lowest BCUT2D eigenvalue weighted by atomic mass is 9.37. The number of nitrogens with zero attached hydrogens (tertiary/aromatic N) is 1. The monoisotopic (exact) mass is 737 g/mol. The Morgan fingerprint density at radius 3 is 2.02 bits per heavy atom. The zero-order valence-corrected chi connectivity index (χ0v) is 32.0. The Hall–Kier alpha value is -6.83. The number of allylic oxidation sites excluding steroid dienone is 6. The first-order valence-electron chi connectivity index (χ1n) is 20.8. The number of aromatic nitrogens is 1. The second-order valence-electron chi connectivity index (χ2n) is 17.0. The summed E-state index contributed by atoms with van der Waals surface area (Å²) in [5, 5.41) is 8.93. The fourth-order valence-corrected chi connectivity index (χ4v) is 11.8. The highest BCUT2D eigenvalue weighted by Crippen LogP contribution is 2.72. The number of rotatable bonds is 5. The number of benzene rings is 8. The van der Waals surface area contributed by atoms with Crippen molar-refractivity contribution in [3.05, 3.63) is 228 Å². The summed E-state index contributed by atoms with van der Waals surface area (Å²) in [6.45, 7) is 0. The van der Waals surface area contributed by atoms with E-state index in [1.165, 1.54) is 82.2 Å². The highest BCUT2D eigenvalue weighted by molar-refractivity contribution is 6.13. The smallest absolute Gasteiger partial charge is 0.0722 e. The first kappa shape index (κ1) is 32.3. The van der Waals surface area contributed by atoms with E-state index in [4.69, 9.17) is 4.98 Å². The van der Waals surface area contributed by atoms with Gasteiger partial charge in [-0.05, 0) is 119 Å². The number of pyridine rings is 1. The Bertz CT molecular complexity index is 3270. The first-order valence-corrected chi connectivity index (χ1v) is 20.8. The van der Waals surface area contributed by atoms with Gasteiger partial charge in [0.1, 0.15) is 0 Å². The van der Waals surface area contributed by atoms with Crippen LogP contribution in [0.3, 0.4) is 0 Å². The maximum Gasteiger partial charge on any atom is 0.0722 e. The van der Waals surface area contributed by atoms with Crippen LogP contribution < -0.4 is 0 Å². The van der Waals surface area contributed by atoms with Crippen LogP contribution in [0, 0.1) is 17.8 Å². The van der Waals surface area contributed by atoms with Crippen molar-refractivity contribution < 1.29 is 0 Å². The highest BCUT2D eigenvalue weighted by atomic mass is 14.7. The van der Waals surface area contributed by atoms with Gasteiger partial charge in [-0.25, -0.2) is 4.98 Å². The molecule has 1 fully saturated rings. The van der Waals surface area contributed by atoms with Gasteiger partial charge in [-0.15, -0.1) is 0 Å². The van der Waals surface area contributed by atoms with Crippen LogP contribution in [0.4, 0.5) is 0 Å². The molecule has 0 aliphatic heterocycles. The summed E-state index contributed by atoms with van der Waals surface area (Å²) in [4.78, 5) is 5.35. The Morgan fingerprint density at radius 2 is 1.21 bits per heavy atom. The molecule has 5 unspecified atom stereocenters. The molecule has 0 N–H and O–H groups in total. The van der Waals surface area contributed by atoms with E-state index in [2.05, 4.69) is 200 Å². The van der Waals surface area contributed by atoms with Crippen molar-refractivity contribution in [2.45, 2.75) is 17.8 Å². The standard InChI is InChI=1S/C57H39N/c1-2-12-37(13-3-1)48-33-52(58-51-29-24-38-14-8-9-17-46(38)55(48)51)39-22-25-44(26-23-39)57-34-50-53(42-20-18-35-10-4-6-15-40(35)30-42)47-28-27-45(57)32-49(47)54(56(50)57)43-21-19-36-11-5-7-16-41(36)31-43/h1-31,33-34,45,49,54,56H,32H2. The molecule has 0 spiro atoms. The molecule has 1 heteroatoms. The van der Waals surface area contributed by atoms with Gasteiger partial charge in [0.25, 0.3) is 0 Å². The van der Waals surface area contributed by atoms with Gasteiger partial charge in [0.15, 0.2) is 0 Å². The molecule has 0 radical (unpaired) electrons. The summed E-state index contributed by atoms with van der Waals surface area (Å²) in [5.74, 6) is 1.72. The molecule has 4 aliphatic rings. The minimum absolute atomic E-state index is 0.0872. The first-order chi connectivity index (χ1) is 28.7. The normalized spacial score (nSPS) is 22.8. The van der Waals surface area contributed by atoms with Crippen LogP contribution in [0.15, 0.2) is 211 Å². The third-order valence-electron chi connectivity index (χ3n) is 14.3. The SMILES string of the molecule is C1=CC2CC3C1=C(c1ccc4ccccc4c1)C1=CC2(c2ccc(-c4cc(-c5ccccc5)c5c(ccc6ccccc65)n4)cc2)C1C3c1ccc2ccccc2c1. The van der Waals surface area contributed by atoms with Crippen molar-refractivity contribution in [2.24, 2.45) is 17.8 Å². The van der Waals surface area contributed by atoms with Crippen molar-refractivity contribution in [2.75, 3.05) is 0 Å². The fraction of sp³-hybridized carbons (Fsp3) is 0.105. The molecule has 0 amide bonds. The third-order valence-corrected chi connectivity index (χ3v) is 14.3. The molecular formula is C57H39N.